The van der Waals surface area contributed by atoms with Crippen molar-refractivity contribution in [1.82, 2.24) is 4.98 Å². The van der Waals surface area contributed by atoms with E-state index < -0.39 is 5.97 Å². The molecule has 0 amide bonds. The van der Waals surface area contributed by atoms with Crippen LogP contribution in [0.25, 0.3) is 10.2 Å². The third-order valence-electron chi connectivity index (χ3n) is 8.43. The van der Waals surface area contributed by atoms with Gasteiger partial charge >= 0.3 is 5.97 Å². The maximum atomic E-state index is 12.3. The molecule has 3 aromatic rings. The molecule has 2 saturated carbocycles. The molecule has 5 rings (SSSR count). The van der Waals surface area contributed by atoms with Crippen molar-refractivity contribution in [2.45, 2.75) is 89.5 Å². The molecular formula is C33H40N4O2S. The summed E-state index contributed by atoms with van der Waals surface area (Å²) in [4.78, 5) is 17.2. The molecule has 0 unspecified atom stereocenters. The minimum atomic E-state index is -0.541. The second-order valence-corrected chi connectivity index (χ2v) is 12.2. The van der Waals surface area contributed by atoms with Gasteiger partial charge < -0.3 is 10.1 Å². The molecule has 2 aromatic carbocycles. The van der Waals surface area contributed by atoms with E-state index in [1.807, 2.05) is 30.5 Å². The van der Waals surface area contributed by atoms with Gasteiger partial charge in [-0.3, -0.25) is 0 Å². The van der Waals surface area contributed by atoms with Crippen molar-refractivity contribution >= 4 is 45.1 Å². The van der Waals surface area contributed by atoms with E-state index in [-0.39, 0.29) is 6.04 Å². The number of carbonyl (C=O) groups is 1. The first-order valence-corrected chi connectivity index (χ1v) is 15.6. The van der Waals surface area contributed by atoms with Gasteiger partial charge in [0.1, 0.15) is 5.75 Å². The fourth-order valence-corrected chi connectivity index (χ4v) is 7.29. The van der Waals surface area contributed by atoms with E-state index in [4.69, 9.17) is 20.2 Å². The largest absolute Gasteiger partial charge is 0.422 e. The lowest BCUT2D eigenvalue weighted by atomic mass is 9.76. The Kier molecular flexibility index (Phi) is 9.42. The Morgan fingerprint density at radius 3 is 2.58 bits per heavy atom. The highest BCUT2D eigenvalue weighted by Gasteiger charge is 2.26. The highest BCUT2D eigenvalue weighted by Crippen LogP contribution is 2.40. The van der Waals surface area contributed by atoms with Gasteiger partial charge in [0.15, 0.2) is 0 Å². The number of fused-ring (bicyclic) bond motifs is 1. The number of hydrazone groups is 1. The van der Waals surface area contributed by atoms with Crippen LogP contribution in [0.15, 0.2) is 54.2 Å². The van der Waals surface area contributed by atoms with Crippen molar-refractivity contribution in [3.05, 3.63) is 65.7 Å². The van der Waals surface area contributed by atoms with Crippen molar-refractivity contribution in [3.8, 4) is 5.75 Å². The maximum Gasteiger partial charge on any atom is 0.335 e. The summed E-state index contributed by atoms with van der Waals surface area (Å²) in [5.41, 5.74) is 3.47. The average molecular weight is 557 g/mol. The van der Waals surface area contributed by atoms with Crippen LogP contribution in [0.5, 0.6) is 5.75 Å². The van der Waals surface area contributed by atoms with Gasteiger partial charge in [-0.2, -0.15) is 5.10 Å². The number of aromatic nitrogens is 1. The summed E-state index contributed by atoms with van der Waals surface area (Å²) in [6, 6.07) is 12.6. The van der Waals surface area contributed by atoms with E-state index in [2.05, 4.69) is 30.6 Å². The number of ether oxygens (including phenoxy) is 1. The summed E-state index contributed by atoms with van der Waals surface area (Å²) in [7, 11) is 0. The monoisotopic (exact) mass is 556 g/mol. The molecule has 1 aromatic heterocycles. The summed E-state index contributed by atoms with van der Waals surface area (Å²) in [5, 5.41) is 16.1. The number of benzene rings is 2. The van der Waals surface area contributed by atoms with Gasteiger partial charge in [0.05, 0.1) is 22.5 Å². The van der Waals surface area contributed by atoms with Crippen molar-refractivity contribution in [2.75, 3.05) is 5.01 Å². The van der Waals surface area contributed by atoms with E-state index in [9.17, 15) is 4.79 Å². The molecule has 0 saturated heterocycles. The summed E-state index contributed by atoms with van der Waals surface area (Å²) < 4.78 is 6.85. The normalized spacial score (nSPS) is 20.0. The fourth-order valence-electron chi connectivity index (χ4n) is 6.30. The minimum absolute atomic E-state index is 0.268. The lowest BCUT2D eigenvalue weighted by Crippen LogP contribution is -2.32. The molecule has 6 nitrogen and oxygen atoms in total. The Hall–Kier alpha value is -3.32. The van der Waals surface area contributed by atoms with Gasteiger partial charge in [-0.1, -0.05) is 69.1 Å². The Bertz CT molecular complexity index is 1330. The van der Waals surface area contributed by atoms with E-state index in [0.717, 1.165) is 53.0 Å². The molecular weight excluding hydrogens is 516 g/mol. The molecule has 1 heterocycles. The SMILES string of the molecule is C=CC(=O)Oc1c(C=N)cc(C2CCC(CCC)CC2)cc1/C=N/N(c1nc2ccccc2s1)C1CCCCC1. The first kappa shape index (κ1) is 28.2. The number of carbonyl (C=O) groups excluding carboxylic acids is 1. The number of rotatable bonds is 10. The van der Waals surface area contributed by atoms with E-state index in [0.29, 0.717) is 22.8 Å². The minimum Gasteiger partial charge on any atom is -0.422 e. The molecule has 0 aliphatic heterocycles. The van der Waals surface area contributed by atoms with Gasteiger partial charge in [-0.25, -0.2) is 14.8 Å². The third kappa shape index (κ3) is 6.52. The number of esters is 1. The Labute approximate surface area is 241 Å². The maximum absolute atomic E-state index is 12.3. The second kappa shape index (κ2) is 13.4. The predicted octanol–water partition coefficient (Wildman–Crippen LogP) is 8.63. The molecule has 7 heteroatoms. The molecule has 40 heavy (non-hydrogen) atoms. The second-order valence-electron chi connectivity index (χ2n) is 11.1. The van der Waals surface area contributed by atoms with E-state index in [1.165, 1.54) is 56.7 Å². The van der Waals surface area contributed by atoms with Crippen molar-refractivity contribution < 1.29 is 9.53 Å². The zero-order valence-corrected chi connectivity index (χ0v) is 24.3. The van der Waals surface area contributed by atoms with Crippen molar-refractivity contribution in [3.63, 3.8) is 0 Å². The predicted molar refractivity (Wildman–Crippen MR) is 166 cm³/mol. The first-order valence-electron chi connectivity index (χ1n) is 14.8. The molecule has 0 spiro atoms. The molecule has 0 radical (unpaired) electrons. The van der Waals surface area contributed by atoms with Crippen molar-refractivity contribution in [2.24, 2.45) is 11.0 Å². The number of nitrogens with zero attached hydrogens (tertiary/aromatic N) is 3. The molecule has 2 aliphatic rings. The van der Waals surface area contributed by atoms with Crippen LogP contribution in [0.2, 0.25) is 0 Å². The van der Waals surface area contributed by atoms with Crippen LogP contribution in [0, 0.1) is 11.3 Å². The highest BCUT2D eigenvalue weighted by atomic mass is 32.1. The molecule has 0 atom stereocenters. The van der Waals surface area contributed by atoms with E-state index in [1.54, 1.807) is 11.3 Å². The van der Waals surface area contributed by atoms with Crippen LogP contribution in [-0.2, 0) is 4.79 Å². The highest BCUT2D eigenvalue weighted by molar-refractivity contribution is 7.22. The Morgan fingerprint density at radius 1 is 1.12 bits per heavy atom. The zero-order valence-electron chi connectivity index (χ0n) is 23.5. The standard InChI is InChI=1S/C33H40N4O2S/c1-3-10-23-15-17-24(18-16-23)25-19-26(21-34)32(39-31(38)4-2)27(20-25)22-35-37(28-11-6-5-7-12-28)33-36-29-13-8-9-14-30(29)40-33/h4,8-9,13-14,19-24,28,34H,2-3,5-7,10-12,15-18H2,1H3/b34-21?,35-22+. The number of anilines is 1. The van der Waals surface area contributed by atoms with Crippen LogP contribution < -0.4 is 9.75 Å². The number of para-hydroxylation sites is 1. The van der Waals surface area contributed by atoms with Gasteiger partial charge in [0, 0.05) is 23.4 Å². The lowest BCUT2D eigenvalue weighted by molar-refractivity contribution is -0.128. The molecule has 1 N–H and O–H groups in total. The summed E-state index contributed by atoms with van der Waals surface area (Å²) in [6.45, 7) is 5.84. The van der Waals surface area contributed by atoms with Gasteiger partial charge in [0.25, 0.3) is 0 Å². The lowest BCUT2D eigenvalue weighted by Gasteiger charge is -2.30. The smallest absolute Gasteiger partial charge is 0.335 e. The Balaban J connectivity index is 1.52. The van der Waals surface area contributed by atoms with Crippen LogP contribution in [0.3, 0.4) is 0 Å². The van der Waals surface area contributed by atoms with Gasteiger partial charge in [-0.05, 0) is 80.2 Å². The van der Waals surface area contributed by atoms with Crippen LogP contribution in [0.4, 0.5) is 5.13 Å². The molecule has 0 bridgehead atoms. The van der Waals surface area contributed by atoms with Crippen LogP contribution in [0.1, 0.15) is 100 Å². The van der Waals surface area contributed by atoms with Gasteiger partial charge in [-0.15, -0.1) is 0 Å². The van der Waals surface area contributed by atoms with E-state index >= 15 is 0 Å². The average Bonchev–Trinajstić information content (AvgIpc) is 3.43. The zero-order chi connectivity index (χ0) is 27.9. The molecule has 210 valence electrons. The van der Waals surface area contributed by atoms with Gasteiger partial charge in [0.2, 0.25) is 5.13 Å². The van der Waals surface area contributed by atoms with Crippen molar-refractivity contribution in [1.29, 1.82) is 5.41 Å². The fraction of sp³-hybridized carbons (Fsp3) is 0.455. The number of thiazole rings is 1. The first-order chi connectivity index (χ1) is 19.6. The van der Waals surface area contributed by atoms with Crippen LogP contribution >= 0.6 is 11.3 Å². The quantitative estimate of drug-likeness (QED) is 0.0891. The number of hydrogen-bond donors (Lipinski definition) is 1. The Morgan fingerprint density at radius 2 is 1.88 bits per heavy atom. The molecule has 2 fully saturated rings. The third-order valence-corrected chi connectivity index (χ3v) is 9.46. The topological polar surface area (TPSA) is 78.6 Å². The molecule has 2 aliphatic carbocycles. The summed E-state index contributed by atoms with van der Waals surface area (Å²) in [6.07, 6.45) is 17.3. The summed E-state index contributed by atoms with van der Waals surface area (Å²) >= 11 is 1.66. The number of nitrogens with one attached hydrogen (secondary N) is 1. The van der Waals surface area contributed by atoms with Crippen LogP contribution in [-0.4, -0.2) is 29.4 Å². The summed E-state index contributed by atoms with van der Waals surface area (Å²) in [5.74, 6) is 1.07. The number of hydrogen-bond acceptors (Lipinski definition) is 7.